The molecule has 2 unspecified atom stereocenters. The van der Waals surface area contributed by atoms with Crippen LogP contribution in [0.15, 0.2) is 53.0 Å². The summed E-state index contributed by atoms with van der Waals surface area (Å²) in [7, 11) is 0. The second kappa shape index (κ2) is 9.24. The number of amides is 2. The van der Waals surface area contributed by atoms with Gasteiger partial charge in [0, 0.05) is 16.6 Å². The molecule has 1 saturated heterocycles. The molecule has 0 aromatic heterocycles. The van der Waals surface area contributed by atoms with E-state index < -0.39 is 6.04 Å². The summed E-state index contributed by atoms with van der Waals surface area (Å²) in [5.74, 6) is 0.607. The van der Waals surface area contributed by atoms with Gasteiger partial charge in [0.25, 0.3) is 5.91 Å². The summed E-state index contributed by atoms with van der Waals surface area (Å²) >= 11 is 3.38. The van der Waals surface area contributed by atoms with Gasteiger partial charge in [0.15, 0.2) is 0 Å². The summed E-state index contributed by atoms with van der Waals surface area (Å²) in [6, 6.07) is 14.4. The zero-order valence-corrected chi connectivity index (χ0v) is 17.7. The zero-order valence-electron chi connectivity index (χ0n) is 16.2. The third kappa shape index (κ3) is 4.73. The van der Waals surface area contributed by atoms with E-state index in [1.54, 1.807) is 17.0 Å². The lowest BCUT2D eigenvalue weighted by Gasteiger charge is -2.26. The van der Waals surface area contributed by atoms with Gasteiger partial charge >= 0.3 is 0 Å². The number of ether oxygens (including phenoxy) is 1. The minimum Gasteiger partial charge on any atom is -0.494 e. The summed E-state index contributed by atoms with van der Waals surface area (Å²) in [5, 5.41) is 3.05. The molecule has 0 spiro atoms. The number of benzene rings is 2. The Kier molecular flexibility index (Phi) is 6.73. The Labute approximate surface area is 174 Å². The fourth-order valence-corrected chi connectivity index (χ4v) is 3.72. The van der Waals surface area contributed by atoms with Crippen LogP contribution in [0.1, 0.15) is 48.7 Å². The molecule has 1 fully saturated rings. The van der Waals surface area contributed by atoms with E-state index in [2.05, 4.69) is 21.2 Å². The quantitative estimate of drug-likeness (QED) is 0.720. The van der Waals surface area contributed by atoms with Crippen LogP contribution in [0.4, 0.5) is 0 Å². The Balaban J connectivity index is 1.65. The topological polar surface area (TPSA) is 58.6 Å². The number of nitrogens with one attached hydrogen (secondary N) is 1. The molecule has 148 valence electrons. The number of nitrogens with zero attached hydrogens (tertiary/aromatic N) is 1. The maximum Gasteiger partial charge on any atom is 0.254 e. The normalized spacial score (nSPS) is 17.2. The van der Waals surface area contributed by atoms with E-state index in [-0.39, 0.29) is 17.9 Å². The van der Waals surface area contributed by atoms with Gasteiger partial charge < -0.3 is 15.0 Å². The molecule has 0 radical (unpaired) electrons. The largest absolute Gasteiger partial charge is 0.494 e. The predicted octanol–water partition coefficient (Wildman–Crippen LogP) is 4.33. The maximum atomic E-state index is 12.9. The van der Waals surface area contributed by atoms with Crippen LogP contribution in [0.5, 0.6) is 5.75 Å². The smallest absolute Gasteiger partial charge is 0.254 e. The molecule has 2 aromatic carbocycles. The van der Waals surface area contributed by atoms with Crippen molar-refractivity contribution in [3.63, 3.8) is 0 Å². The van der Waals surface area contributed by atoms with Crippen LogP contribution >= 0.6 is 15.9 Å². The first-order chi connectivity index (χ1) is 13.5. The molecule has 1 heterocycles. The van der Waals surface area contributed by atoms with Crippen molar-refractivity contribution in [1.82, 2.24) is 10.2 Å². The minimum absolute atomic E-state index is 0.0983. The van der Waals surface area contributed by atoms with E-state index in [1.165, 1.54) is 0 Å². The summed E-state index contributed by atoms with van der Waals surface area (Å²) in [6.07, 6.45) is 1.52. The highest BCUT2D eigenvalue weighted by molar-refractivity contribution is 9.10. The molecule has 28 heavy (non-hydrogen) atoms. The number of halogens is 1. The molecule has 1 N–H and O–H groups in total. The second-order valence-corrected chi connectivity index (χ2v) is 7.81. The monoisotopic (exact) mass is 444 g/mol. The molecule has 0 saturated carbocycles. The van der Waals surface area contributed by atoms with E-state index in [9.17, 15) is 9.59 Å². The molecule has 0 aliphatic carbocycles. The van der Waals surface area contributed by atoms with E-state index in [0.717, 1.165) is 22.2 Å². The fourth-order valence-electron chi connectivity index (χ4n) is 3.45. The van der Waals surface area contributed by atoms with Crippen LogP contribution in [0.3, 0.4) is 0 Å². The molecular weight excluding hydrogens is 420 g/mol. The molecule has 5 nitrogen and oxygen atoms in total. The predicted molar refractivity (Wildman–Crippen MR) is 112 cm³/mol. The van der Waals surface area contributed by atoms with Gasteiger partial charge in [0.1, 0.15) is 11.8 Å². The summed E-state index contributed by atoms with van der Waals surface area (Å²) in [6.45, 7) is 5.11. The maximum absolute atomic E-state index is 12.9. The minimum atomic E-state index is -0.429. The van der Waals surface area contributed by atoms with Crippen LogP contribution in [0.25, 0.3) is 0 Å². The first-order valence-corrected chi connectivity index (χ1v) is 10.4. The number of hydrogen-bond donors (Lipinski definition) is 1. The lowest BCUT2D eigenvalue weighted by atomic mass is 10.1. The number of carbonyl (C=O) groups excluding carboxylic acids is 2. The van der Waals surface area contributed by atoms with Crippen molar-refractivity contribution < 1.29 is 14.3 Å². The molecular formula is C22H25BrN2O3. The summed E-state index contributed by atoms with van der Waals surface area (Å²) in [5.41, 5.74) is 1.60. The van der Waals surface area contributed by atoms with Gasteiger partial charge in [-0.15, -0.1) is 0 Å². The number of rotatable bonds is 6. The molecule has 6 heteroatoms. The average molecular weight is 445 g/mol. The average Bonchev–Trinajstić information content (AvgIpc) is 3.19. The van der Waals surface area contributed by atoms with E-state index in [1.807, 2.05) is 50.2 Å². The summed E-state index contributed by atoms with van der Waals surface area (Å²) in [4.78, 5) is 27.4. The van der Waals surface area contributed by atoms with Crippen molar-refractivity contribution in [1.29, 1.82) is 0 Å². The van der Waals surface area contributed by atoms with Crippen LogP contribution in [0, 0.1) is 0 Å². The third-order valence-electron chi connectivity index (χ3n) is 4.96. The van der Waals surface area contributed by atoms with Gasteiger partial charge in [-0.1, -0.05) is 28.1 Å². The highest BCUT2D eigenvalue weighted by Crippen LogP contribution is 2.23. The van der Waals surface area contributed by atoms with E-state index >= 15 is 0 Å². The number of hydrogen-bond acceptors (Lipinski definition) is 3. The standard InChI is InChI=1S/C22H25BrN2O3/c1-3-28-19-12-8-16(9-13-19)15(2)24-21(26)20-5-4-14-25(20)22(27)17-6-10-18(23)11-7-17/h6-13,15,20H,3-5,14H2,1-2H3,(H,24,26). The van der Waals surface area contributed by atoms with Gasteiger partial charge in [-0.3, -0.25) is 9.59 Å². The number of likely N-dealkylation sites (tertiary alicyclic amines) is 1. The Hall–Kier alpha value is -2.34. The van der Waals surface area contributed by atoms with Crippen LogP contribution in [0.2, 0.25) is 0 Å². The Morgan fingerprint density at radius 2 is 1.86 bits per heavy atom. The van der Waals surface area contributed by atoms with Gasteiger partial charge in [-0.2, -0.15) is 0 Å². The Bertz CT molecular complexity index is 821. The van der Waals surface area contributed by atoms with Crippen LogP contribution in [-0.4, -0.2) is 35.9 Å². The lowest BCUT2D eigenvalue weighted by molar-refractivity contribution is -0.125. The van der Waals surface area contributed by atoms with Gasteiger partial charge in [-0.05, 0) is 68.7 Å². The van der Waals surface area contributed by atoms with Crippen LogP contribution < -0.4 is 10.1 Å². The fraction of sp³-hybridized carbons (Fsp3) is 0.364. The van der Waals surface area contributed by atoms with Gasteiger partial charge in [0.2, 0.25) is 5.91 Å². The van der Waals surface area contributed by atoms with Crippen molar-refractivity contribution in [2.24, 2.45) is 0 Å². The van der Waals surface area contributed by atoms with Crippen molar-refractivity contribution in [3.8, 4) is 5.75 Å². The van der Waals surface area contributed by atoms with Gasteiger partial charge in [-0.25, -0.2) is 0 Å². The molecule has 0 bridgehead atoms. The first-order valence-electron chi connectivity index (χ1n) is 9.59. The SMILES string of the molecule is CCOc1ccc(C(C)NC(=O)C2CCCN2C(=O)c2ccc(Br)cc2)cc1. The second-order valence-electron chi connectivity index (χ2n) is 6.90. The Morgan fingerprint density at radius 3 is 2.50 bits per heavy atom. The Morgan fingerprint density at radius 1 is 1.18 bits per heavy atom. The van der Waals surface area contributed by atoms with Crippen molar-refractivity contribution in [2.45, 2.75) is 38.8 Å². The molecule has 3 rings (SSSR count). The van der Waals surface area contributed by atoms with E-state index in [4.69, 9.17) is 4.74 Å². The number of carbonyl (C=O) groups is 2. The van der Waals surface area contributed by atoms with E-state index in [0.29, 0.717) is 25.1 Å². The lowest BCUT2D eigenvalue weighted by Crippen LogP contribution is -2.46. The molecule has 2 aromatic rings. The highest BCUT2D eigenvalue weighted by Gasteiger charge is 2.35. The summed E-state index contributed by atoms with van der Waals surface area (Å²) < 4.78 is 6.38. The third-order valence-corrected chi connectivity index (χ3v) is 5.49. The van der Waals surface area contributed by atoms with Crippen molar-refractivity contribution in [3.05, 3.63) is 64.1 Å². The highest BCUT2D eigenvalue weighted by atomic mass is 79.9. The first kappa shape index (κ1) is 20.4. The van der Waals surface area contributed by atoms with Crippen molar-refractivity contribution >= 4 is 27.7 Å². The van der Waals surface area contributed by atoms with Gasteiger partial charge in [0.05, 0.1) is 12.6 Å². The molecule has 1 aliphatic heterocycles. The molecule has 2 amide bonds. The zero-order chi connectivity index (χ0) is 20.1. The van der Waals surface area contributed by atoms with Crippen LogP contribution in [-0.2, 0) is 4.79 Å². The molecule has 2 atom stereocenters. The molecule has 1 aliphatic rings. The van der Waals surface area contributed by atoms with Crippen molar-refractivity contribution in [2.75, 3.05) is 13.2 Å².